The quantitative estimate of drug-likeness (QED) is 0.321. The summed E-state index contributed by atoms with van der Waals surface area (Å²) in [7, 11) is 1.35. The summed E-state index contributed by atoms with van der Waals surface area (Å²) in [6.07, 6.45) is 0.648. The molecule has 7 heteroatoms. The predicted octanol–water partition coefficient (Wildman–Crippen LogP) is 1.27. The molecule has 0 fully saturated rings. The van der Waals surface area contributed by atoms with Gasteiger partial charge in [0.25, 0.3) is 0 Å². The molecule has 0 rings (SSSR count). The molecule has 0 aliphatic heterocycles. The Bertz CT molecular complexity index is 223. The summed E-state index contributed by atoms with van der Waals surface area (Å²) in [6.45, 7) is 1.01. The van der Waals surface area contributed by atoms with Gasteiger partial charge in [-0.3, -0.25) is 4.79 Å². The molecule has 0 aliphatic rings. The third kappa shape index (κ3) is 10.1. The van der Waals surface area contributed by atoms with E-state index < -0.39 is 0 Å². The molecular formula is C10H16O5S2. The van der Waals surface area contributed by atoms with Crippen molar-refractivity contribution in [1.82, 2.24) is 0 Å². The maximum absolute atomic E-state index is 10.8. The van der Waals surface area contributed by atoms with E-state index in [9.17, 15) is 4.79 Å². The Morgan fingerprint density at radius 3 is 2.29 bits per heavy atom. The molecule has 0 bridgehead atoms. The van der Waals surface area contributed by atoms with E-state index >= 15 is 0 Å². The number of thiocarbonyl (C=S) groups is 2. The average molecular weight is 280 g/mol. The number of carbonyl (C=O) groups is 1. The minimum atomic E-state index is -0.258. The van der Waals surface area contributed by atoms with E-state index in [0.29, 0.717) is 32.7 Å². The summed E-state index contributed by atoms with van der Waals surface area (Å²) in [5.74, 6) is -0.254. The third-order valence-corrected chi connectivity index (χ3v) is 2.08. The topological polar surface area (TPSA) is 54.0 Å². The molecule has 0 unspecified atom stereocenters. The molecule has 0 heterocycles. The summed E-state index contributed by atoms with van der Waals surface area (Å²) in [4.78, 5) is 10.8. The number of ether oxygens (including phenoxy) is 4. The molecule has 98 valence electrons. The van der Waals surface area contributed by atoms with Gasteiger partial charge in [-0.1, -0.05) is 0 Å². The van der Waals surface area contributed by atoms with E-state index in [1.165, 1.54) is 18.2 Å². The Hall–Kier alpha value is -0.790. The molecule has 0 aromatic heterocycles. The van der Waals surface area contributed by atoms with E-state index in [0.717, 1.165) is 0 Å². The SMILES string of the molecule is COC(=O)CCCOC(COC=S)COC=S. The number of carbonyl (C=O) groups excluding carboxylic acids is 1. The highest BCUT2D eigenvalue weighted by molar-refractivity contribution is 7.78. The molecule has 0 spiro atoms. The largest absolute Gasteiger partial charge is 0.487 e. The van der Waals surface area contributed by atoms with Crippen molar-refractivity contribution in [2.24, 2.45) is 0 Å². The van der Waals surface area contributed by atoms with Gasteiger partial charge in [-0.05, 0) is 30.9 Å². The molecular weight excluding hydrogens is 264 g/mol. The normalized spacial score (nSPS) is 9.76. The lowest BCUT2D eigenvalue weighted by atomic mass is 10.3. The fraction of sp³-hybridized carbons (Fsp3) is 0.700. The Balaban J connectivity index is 3.69. The van der Waals surface area contributed by atoms with Crippen LogP contribution in [0.1, 0.15) is 12.8 Å². The molecule has 0 aliphatic carbocycles. The summed E-state index contributed by atoms with van der Waals surface area (Å²) in [5.41, 5.74) is 2.34. The van der Waals surface area contributed by atoms with Gasteiger partial charge >= 0.3 is 5.97 Å². The maximum atomic E-state index is 10.8. The summed E-state index contributed by atoms with van der Waals surface area (Å²) >= 11 is 9.07. The average Bonchev–Trinajstić information content (AvgIpc) is 2.36. The van der Waals surface area contributed by atoms with Crippen LogP contribution in [0.15, 0.2) is 0 Å². The minimum absolute atomic E-state index is 0.254. The lowest BCUT2D eigenvalue weighted by Gasteiger charge is -2.16. The van der Waals surface area contributed by atoms with Crippen LogP contribution in [0.3, 0.4) is 0 Å². The van der Waals surface area contributed by atoms with Crippen molar-refractivity contribution in [2.45, 2.75) is 18.9 Å². The van der Waals surface area contributed by atoms with Gasteiger partial charge in [0, 0.05) is 13.0 Å². The van der Waals surface area contributed by atoms with Crippen molar-refractivity contribution in [3.05, 3.63) is 0 Å². The smallest absolute Gasteiger partial charge is 0.305 e. The molecule has 0 amide bonds. The first-order valence-electron chi connectivity index (χ1n) is 5.03. The van der Waals surface area contributed by atoms with Gasteiger partial charge in [0.15, 0.2) is 0 Å². The van der Waals surface area contributed by atoms with Crippen LogP contribution in [0.25, 0.3) is 0 Å². The van der Waals surface area contributed by atoms with Crippen LogP contribution in [0.4, 0.5) is 0 Å². The molecule has 17 heavy (non-hydrogen) atoms. The fourth-order valence-corrected chi connectivity index (χ4v) is 1.16. The van der Waals surface area contributed by atoms with Gasteiger partial charge in [-0.2, -0.15) is 0 Å². The number of esters is 1. The summed E-state index contributed by atoms with van der Waals surface area (Å²) in [5, 5.41) is 0. The van der Waals surface area contributed by atoms with E-state index in [4.69, 9.17) is 14.2 Å². The van der Waals surface area contributed by atoms with Gasteiger partial charge in [0.05, 0.1) is 7.11 Å². The van der Waals surface area contributed by atoms with Gasteiger partial charge in [-0.15, -0.1) is 0 Å². The van der Waals surface area contributed by atoms with Crippen molar-refractivity contribution >= 4 is 41.5 Å². The summed E-state index contributed by atoms with van der Waals surface area (Å²) in [6, 6.07) is 0. The predicted molar refractivity (Wildman–Crippen MR) is 70.2 cm³/mol. The second-order valence-corrected chi connectivity index (χ2v) is 3.42. The van der Waals surface area contributed by atoms with E-state index in [2.05, 4.69) is 29.2 Å². The number of methoxy groups -OCH3 is 1. The second-order valence-electron chi connectivity index (χ2n) is 3.03. The molecule has 0 aromatic carbocycles. The molecule has 0 saturated heterocycles. The molecule has 0 atom stereocenters. The zero-order chi connectivity index (χ0) is 12.9. The van der Waals surface area contributed by atoms with Gasteiger partial charge < -0.3 is 18.9 Å². The Morgan fingerprint density at radius 1 is 1.24 bits per heavy atom. The first-order valence-corrected chi connectivity index (χ1v) is 5.97. The van der Waals surface area contributed by atoms with Crippen molar-refractivity contribution in [1.29, 1.82) is 0 Å². The van der Waals surface area contributed by atoms with Crippen molar-refractivity contribution < 1.29 is 23.7 Å². The van der Waals surface area contributed by atoms with Crippen molar-refractivity contribution in [3.63, 3.8) is 0 Å². The number of hydrogen-bond acceptors (Lipinski definition) is 7. The van der Waals surface area contributed by atoms with Gasteiger partial charge in [0.1, 0.15) is 30.4 Å². The van der Waals surface area contributed by atoms with Crippen LogP contribution in [-0.2, 0) is 23.7 Å². The standard InChI is InChI=1S/C10H16O5S2/c1-12-10(11)3-2-4-15-9(5-13-7-16)6-14-8-17/h7-9H,2-6H2,1H3. The van der Waals surface area contributed by atoms with Crippen LogP contribution in [0.5, 0.6) is 0 Å². The molecule has 5 nitrogen and oxygen atoms in total. The molecule has 0 radical (unpaired) electrons. The first-order chi connectivity index (χ1) is 8.24. The molecule has 0 aromatic rings. The van der Waals surface area contributed by atoms with E-state index in [-0.39, 0.29) is 12.1 Å². The highest BCUT2D eigenvalue weighted by atomic mass is 32.1. The zero-order valence-electron chi connectivity index (χ0n) is 9.63. The van der Waals surface area contributed by atoms with Gasteiger partial charge in [-0.25, -0.2) is 0 Å². The highest BCUT2D eigenvalue weighted by Crippen LogP contribution is 1.99. The first kappa shape index (κ1) is 16.2. The van der Waals surface area contributed by atoms with E-state index in [1.54, 1.807) is 0 Å². The lowest BCUT2D eigenvalue weighted by molar-refractivity contribution is -0.141. The monoisotopic (exact) mass is 280 g/mol. The number of hydrogen-bond donors (Lipinski definition) is 0. The Morgan fingerprint density at radius 2 is 1.82 bits per heavy atom. The minimum Gasteiger partial charge on any atom is -0.487 e. The molecule has 0 N–H and O–H groups in total. The Labute approximate surface area is 111 Å². The second kappa shape index (κ2) is 11.7. The summed E-state index contributed by atoms with van der Waals surface area (Å²) < 4.78 is 19.8. The van der Waals surface area contributed by atoms with E-state index in [1.807, 2.05) is 0 Å². The van der Waals surface area contributed by atoms with Crippen LogP contribution in [0, 0.1) is 0 Å². The fourth-order valence-electron chi connectivity index (χ4n) is 1.01. The third-order valence-electron chi connectivity index (χ3n) is 1.81. The van der Waals surface area contributed by atoms with Crippen LogP contribution in [0.2, 0.25) is 0 Å². The van der Waals surface area contributed by atoms with Gasteiger partial charge in [0.2, 0.25) is 0 Å². The maximum Gasteiger partial charge on any atom is 0.305 e. The molecule has 0 saturated carbocycles. The van der Waals surface area contributed by atoms with Crippen LogP contribution >= 0.6 is 24.4 Å². The Kier molecular flexibility index (Phi) is 11.1. The van der Waals surface area contributed by atoms with Crippen molar-refractivity contribution in [2.75, 3.05) is 26.9 Å². The van der Waals surface area contributed by atoms with Crippen LogP contribution < -0.4 is 0 Å². The number of rotatable bonds is 11. The highest BCUT2D eigenvalue weighted by Gasteiger charge is 2.10. The van der Waals surface area contributed by atoms with Crippen molar-refractivity contribution in [3.8, 4) is 0 Å². The lowest BCUT2D eigenvalue weighted by Crippen LogP contribution is -2.25. The van der Waals surface area contributed by atoms with Crippen LogP contribution in [-0.4, -0.2) is 50.1 Å². The zero-order valence-corrected chi connectivity index (χ0v) is 11.3.